The van der Waals surface area contributed by atoms with Crippen molar-refractivity contribution in [3.8, 4) is 5.75 Å². The van der Waals surface area contributed by atoms with Crippen LogP contribution in [-0.4, -0.2) is 13.7 Å². The first-order chi connectivity index (χ1) is 9.90. The highest BCUT2D eigenvalue weighted by atomic mass is 19.1. The van der Waals surface area contributed by atoms with Gasteiger partial charge in [0, 0.05) is 23.7 Å². The second kappa shape index (κ2) is 6.30. The fraction of sp³-hybridized carbons (Fsp3) is 0.647. The molecule has 0 saturated heterocycles. The largest absolute Gasteiger partial charge is 0.497 e. The average molecular weight is 297 g/mol. The molecule has 2 rings (SSSR count). The fourth-order valence-electron chi connectivity index (χ4n) is 3.61. The maximum absolute atomic E-state index is 14.4. The van der Waals surface area contributed by atoms with Crippen LogP contribution in [0.3, 0.4) is 0 Å². The molecule has 0 bridgehead atoms. The van der Waals surface area contributed by atoms with Crippen molar-refractivity contribution in [1.29, 1.82) is 0 Å². The monoisotopic (exact) mass is 297 g/mol. The summed E-state index contributed by atoms with van der Waals surface area (Å²) < 4.78 is 33.8. The standard InChI is InChI=1S/C17H25F2NO/c1-5-20-16(12-7-6-8-17(12,2)3)15-13(18)9-11(21-4)10-14(15)19/h9-10,12,16,20H,5-8H2,1-4H3. The van der Waals surface area contributed by atoms with Crippen LogP contribution in [0.25, 0.3) is 0 Å². The van der Waals surface area contributed by atoms with E-state index in [1.807, 2.05) is 6.92 Å². The van der Waals surface area contributed by atoms with Crippen LogP contribution in [0.4, 0.5) is 8.78 Å². The minimum Gasteiger partial charge on any atom is -0.497 e. The summed E-state index contributed by atoms with van der Waals surface area (Å²) in [6, 6.07) is 2.24. The van der Waals surface area contributed by atoms with Crippen molar-refractivity contribution in [3.63, 3.8) is 0 Å². The van der Waals surface area contributed by atoms with E-state index in [0.29, 0.717) is 6.54 Å². The van der Waals surface area contributed by atoms with E-state index in [0.717, 1.165) is 19.3 Å². The second-order valence-corrected chi connectivity index (χ2v) is 6.53. The maximum atomic E-state index is 14.4. The highest BCUT2D eigenvalue weighted by Crippen LogP contribution is 2.49. The molecule has 1 aliphatic rings. The van der Waals surface area contributed by atoms with Gasteiger partial charge in [0.25, 0.3) is 0 Å². The van der Waals surface area contributed by atoms with Crippen molar-refractivity contribution in [3.05, 3.63) is 29.3 Å². The van der Waals surface area contributed by atoms with Gasteiger partial charge in [0.15, 0.2) is 0 Å². The molecule has 2 unspecified atom stereocenters. The van der Waals surface area contributed by atoms with E-state index < -0.39 is 11.6 Å². The third-order valence-electron chi connectivity index (χ3n) is 4.77. The predicted octanol–water partition coefficient (Wildman–Crippen LogP) is 4.45. The van der Waals surface area contributed by atoms with Gasteiger partial charge in [-0.2, -0.15) is 0 Å². The van der Waals surface area contributed by atoms with Crippen LogP contribution >= 0.6 is 0 Å². The number of halogens is 2. The zero-order valence-corrected chi connectivity index (χ0v) is 13.3. The molecule has 0 radical (unpaired) electrons. The lowest BCUT2D eigenvalue weighted by Gasteiger charge is -2.35. The zero-order valence-electron chi connectivity index (χ0n) is 13.3. The summed E-state index contributed by atoms with van der Waals surface area (Å²) in [5, 5.41) is 3.29. The Bertz CT molecular complexity index is 479. The highest BCUT2D eigenvalue weighted by molar-refractivity contribution is 5.33. The van der Waals surface area contributed by atoms with Gasteiger partial charge in [0.1, 0.15) is 17.4 Å². The minimum atomic E-state index is -0.527. The van der Waals surface area contributed by atoms with Gasteiger partial charge in [-0.1, -0.05) is 27.2 Å². The minimum absolute atomic E-state index is 0.0889. The van der Waals surface area contributed by atoms with Gasteiger partial charge in [-0.05, 0) is 30.7 Å². The van der Waals surface area contributed by atoms with Crippen LogP contribution in [0.1, 0.15) is 51.6 Å². The van der Waals surface area contributed by atoms with Crippen molar-refractivity contribution in [1.82, 2.24) is 5.32 Å². The molecule has 118 valence electrons. The summed E-state index contributed by atoms with van der Waals surface area (Å²) in [6.07, 6.45) is 3.20. The van der Waals surface area contributed by atoms with E-state index in [4.69, 9.17) is 4.74 Å². The zero-order chi connectivity index (χ0) is 15.6. The number of methoxy groups -OCH3 is 1. The van der Waals surface area contributed by atoms with E-state index in [1.165, 1.54) is 19.2 Å². The van der Waals surface area contributed by atoms with Gasteiger partial charge >= 0.3 is 0 Å². The summed E-state index contributed by atoms with van der Waals surface area (Å²) in [7, 11) is 1.41. The second-order valence-electron chi connectivity index (χ2n) is 6.53. The SMILES string of the molecule is CCNC(c1c(F)cc(OC)cc1F)C1CCCC1(C)C. The smallest absolute Gasteiger partial charge is 0.134 e. The Balaban J connectivity index is 2.43. The van der Waals surface area contributed by atoms with E-state index in [9.17, 15) is 8.78 Å². The van der Waals surface area contributed by atoms with Gasteiger partial charge in [-0.3, -0.25) is 0 Å². The Labute approximate surface area is 125 Å². The van der Waals surface area contributed by atoms with Crippen molar-refractivity contribution < 1.29 is 13.5 Å². The summed E-state index contributed by atoms with van der Waals surface area (Å²) in [4.78, 5) is 0. The quantitative estimate of drug-likeness (QED) is 0.867. The van der Waals surface area contributed by atoms with Crippen LogP contribution in [0.15, 0.2) is 12.1 Å². The van der Waals surface area contributed by atoms with Crippen molar-refractivity contribution >= 4 is 0 Å². The Hall–Kier alpha value is -1.16. The molecule has 2 nitrogen and oxygen atoms in total. The van der Waals surface area contributed by atoms with E-state index in [2.05, 4.69) is 19.2 Å². The third kappa shape index (κ3) is 3.20. The Kier molecular flexibility index (Phi) is 4.87. The highest BCUT2D eigenvalue weighted by Gasteiger charge is 2.41. The number of rotatable bonds is 5. The normalized spacial score (nSPS) is 22.3. The molecule has 2 atom stereocenters. The molecule has 0 aliphatic heterocycles. The molecule has 1 aromatic carbocycles. The van der Waals surface area contributed by atoms with E-state index >= 15 is 0 Å². The summed E-state index contributed by atoms with van der Waals surface area (Å²) in [5.74, 6) is -0.606. The van der Waals surface area contributed by atoms with Crippen molar-refractivity contribution in [2.75, 3.05) is 13.7 Å². The third-order valence-corrected chi connectivity index (χ3v) is 4.77. The number of hydrogen-bond acceptors (Lipinski definition) is 2. The van der Waals surface area contributed by atoms with Gasteiger partial charge in [0.05, 0.1) is 7.11 Å². The van der Waals surface area contributed by atoms with Crippen LogP contribution in [0, 0.1) is 23.0 Å². The summed E-state index contributed by atoms with van der Waals surface area (Å²) in [6.45, 7) is 7.03. The Morgan fingerprint density at radius 1 is 1.33 bits per heavy atom. The number of benzene rings is 1. The molecule has 0 amide bonds. The molecule has 1 fully saturated rings. The first-order valence-electron chi connectivity index (χ1n) is 7.67. The molecule has 0 heterocycles. The van der Waals surface area contributed by atoms with Crippen LogP contribution < -0.4 is 10.1 Å². The molecular formula is C17H25F2NO. The van der Waals surface area contributed by atoms with Crippen LogP contribution in [0.2, 0.25) is 0 Å². The Morgan fingerprint density at radius 2 is 1.95 bits per heavy atom. The lowest BCUT2D eigenvalue weighted by atomic mass is 9.75. The number of hydrogen-bond donors (Lipinski definition) is 1. The lowest BCUT2D eigenvalue weighted by molar-refractivity contribution is 0.193. The molecule has 1 aromatic rings. The molecule has 21 heavy (non-hydrogen) atoms. The first kappa shape index (κ1) is 16.2. The van der Waals surface area contributed by atoms with Gasteiger partial charge < -0.3 is 10.1 Å². The van der Waals surface area contributed by atoms with Gasteiger partial charge in [-0.25, -0.2) is 8.78 Å². The van der Waals surface area contributed by atoms with E-state index in [-0.39, 0.29) is 28.7 Å². The predicted molar refractivity (Wildman–Crippen MR) is 80.4 cm³/mol. The summed E-state index contributed by atoms with van der Waals surface area (Å²) >= 11 is 0. The molecule has 0 aromatic heterocycles. The molecule has 1 N–H and O–H groups in total. The van der Waals surface area contributed by atoms with Gasteiger partial charge in [0.2, 0.25) is 0 Å². The molecular weight excluding hydrogens is 272 g/mol. The number of ether oxygens (including phenoxy) is 1. The number of nitrogens with one attached hydrogen (secondary N) is 1. The lowest BCUT2D eigenvalue weighted by Crippen LogP contribution is -2.35. The first-order valence-corrected chi connectivity index (χ1v) is 7.67. The van der Waals surface area contributed by atoms with Crippen molar-refractivity contribution in [2.45, 2.75) is 46.1 Å². The molecule has 4 heteroatoms. The van der Waals surface area contributed by atoms with Crippen molar-refractivity contribution in [2.24, 2.45) is 11.3 Å². The molecule has 0 spiro atoms. The average Bonchev–Trinajstić information content (AvgIpc) is 2.76. The fourth-order valence-corrected chi connectivity index (χ4v) is 3.61. The molecule has 1 aliphatic carbocycles. The molecule has 1 saturated carbocycles. The van der Waals surface area contributed by atoms with Crippen LogP contribution in [-0.2, 0) is 0 Å². The topological polar surface area (TPSA) is 21.3 Å². The van der Waals surface area contributed by atoms with Crippen LogP contribution in [0.5, 0.6) is 5.75 Å². The van der Waals surface area contributed by atoms with Gasteiger partial charge in [-0.15, -0.1) is 0 Å². The Morgan fingerprint density at radius 3 is 2.38 bits per heavy atom. The summed E-state index contributed by atoms with van der Waals surface area (Å²) in [5.41, 5.74) is 0.240. The van der Waals surface area contributed by atoms with E-state index in [1.54, 1.807) is 0 Å². The maximum Gasteiger partial charge on any atom is 0.134 e.